The molecule has 0 aliphatic carbocycles. The number of β-lactam (4-membered cyclic amide) rings is 1. The lowest BCUT2D eigenvalue weighted by Crippen LogP contribution is -2.55. The van der Waals surface area contributed by atoms with Crippen LogP contribution >= 0.6 is 0 Å². The van der Waals surface area contributed by atoms with Gasteiger partial charge in [-0.3, -0.25) is 4.79 Å². The van der Waals surface area contributed by atoms with E-state index >= 15 is 0 Å². The van der Waals surface area contributed by atoms with Crippen molar-refractivity contribution >= 4 is 12.0 Å². The number of nitrogens with zero attached hydrogens (tertiary/aromatic N) is 1. The van der Waals surface area contributed by atoms with Gasteiger partial charge in [0.1, 0.15) is 5.75 Å². The van der Waals surface area contributed by atoms with Gasteiger partial charge in [0.2, 0.25) is 5.91 Å². The van der Waals surface area contributed by atoms with Crippen LogP contribution in [-0.4, -0.2) is 22.9 Å². The van der Waals surface area contributed by atoms with Gasteiger partial charge in [0.05, 0.1) is 12.5 Å². The largest absolute Gasteiger partial charge is 0.422 e. The first-order valence-corrected chi connectivity index (χ1v) is 4.94. The molecule has 1 aliphatic heterocycles. The number of rotatable bonds is 2. The minimum atomic E-state index is -0.646. The van der Waals surface area contributed by atoms with Crippen LogP contribution in [0.5, 0.6) is 5.75 Å². The highest BCUT2D eigenvalue weighted by atomic mass is 16.6. The smallest absolute Gasteiger partial charge is 0.410 e. The first kappa shape index (κ1) is 10.4. The quantitative estimate of drug-likeness (QED) is 0.562. The van der Waals surface area contributed by atoms with E-state index in [2.05, 4.69) is 6.58 Å². The van der Waals surface area contributed by atoms with Crippen molar-refractivity contribution in [1.82, 2.24) is 4.90 Å². The minimum Gasteiger partial charge on any atom is -0.410 e. The van der Waals surface area contributed by atoms with Gasteiger partial charge < -0.3 is 4.74 Å². The average Bonchev–Trinajstić information content (AvgIpc) is 2.26. The first-order chi connectivity index (χ1) is 7.72. The number of benzene rings is 1. The van der Waals surface area contributed by atoms with Gasteiger partial charge in [0.15, 0.2) is 0 Å². The number of amides is 2. The molecule has 0 spiro atoms. The molecule has 0 saturated carbocycles. The maximum atomic E-state index is 11.6. The number of para-hydroxylation sites is 1. The van der Waals surface area contributed by atoms with E-state index in [1.807, 2.05) is 6.07 Å². The molecule has 1 aliphatic rings. The van der Waals surface area contributed by atoms with Gasteiger partial charge in [-0.15, -0.1) is 6.58 Å². The fraction of sp³-hybridized carbons (Fsp3) is 0.167. The third-order valence-corrected chi connectivity index (χ3v) is 2.40. The van der Waals surface area contributed by atoms with Gasteiger partial charge in [0.25, 0.3) is 0 Å². The van der Waals surface area contributed by atoms with Crippen molar-refractivity contribution in [2.45, 2.75) is 12.5 Å². The molecule has 0 unspecified atom stereocenters. The molecule has 1 saturated heterocycles. The van der Waals surface area contributed by atoms with Crippen LogP contribution in [0.15, 0.2) is 43.0 Å². The lowest BCUT2D eigenvalue weighted by molar-refractivity contribution is -0.139. The maximum Gasteiger partial charge on any atom is 0.422 e. The molecule has 16 heavy (non-hydrogen) atoms. The van der Waals surface area contributed by atoms with Gasteiger partial charge >= 0.3 is 6.09 Å². The van der Waals surface area contributed by atoms with Gasteiger partial charge in [-0.1, -0.05) is 24.3 Å². The number of likely N-dealkylation sites (tertiary alicyclic amines) is 1. The highest BCUT2D eigenvalue weighted by Gasteiger charge is 2.40. The molecule has 1 heterocycles. The molecule has 2 amide bonds. The molecular weight excluding hydrogens is 206 g/mol. The van der Waals surface area contributed by atoms with Crippen molar-refractivity contribution in [3.05, 3.63) is 43.0 Å². The standard InChI is InChI=1S/C12H11NO3/c1-2-9-8-11(14)13(9)12(15)16-10-6-4-3-5-7-10/h2-7,9H,1,8H2/t9-/m1/s1. The second-order valence-corrected chi connectivity index (χ2v) is 3.45. The molecule has 0 N–H and O–H groups in total. The fourth-order valence-corrected chi connectivity index (χ4v) is 1.51. The van der Waals surface area contributed by atoms with E-state index in [1.54, 1.807) is 30.3 Å². The first-order valence-electron chi connectivity index (χ1n) is 4.94. The molecule has 0 aromatic heterocycles. The Labute approximate surface area is 93.1 Å². The molecule has 1 aromatic carbocycles. The molecule has 4 nitrogen and oxygen atoms in total. The monoisotopic (exact) mass is 217 g/mol. The number of carbonyl (C=O) groups excluding carboxylic acids is 2. The second-order valence-electron chi connectivity index (χ2n) is 3.45. The predicted octanol–water partition coefficient (Wildman–Crippen LogP) is 1.97. The van der Waals surface area contributed by atoms with Gasteiger partial charge in [-0.25, -0.2) is 9.69 Å². The summed E-state index contributed by atoms with van der Waals surface area (Å²) < 4.78 is 5.04. The van der Waals surface area contributed by atoms with E-state index in [-0.39, 0.29) is 11.9 Å². The van der Waals surface area contributed by atoms with Gasteiger partial charge in [0, 0.05) is 0 Å². The zero-order valence-electron chi connectivity index (χ0n) is 8.63. The highest BCUT2D eigenvalue weighted by Crippen LogP contribution is 2.22. The molecule has 1 aromatic rings. The minimum absolute atomic E-state index is 0.231. The SMILES string of the molecule is C=C[C@@H]1CC(=O)N1C(=O)Oc1ccccc1. The summed E-state index contributed by atoms with van der Waals surface area (Å²) in [6.07, 6.45) is 1.24. The molecule has 4 heteroatoms. The highest BCUT2D eigenvalue weighted by molar-refractivity contribution is 5.98. The fourth-order valence-electron chi connectivity index (χ4n) is 1.51. The lowest BCUT2D eigenvalue weighted by Gasteiger charge is -2.35. The summed E-state index contributed by atoms with van der Waals surface area (Å²) in [4.78, 5) is 23.9. The van der Waals surface area contributed by atoms with Crippen molar-refractivity contribution in [2.75, 3.05) is 0 Å². The van der Waals surface area contributed by atoms with E-state index in [0.717, 1.165) is 4.90 Å². The summed E-state index contributed by atoms with van der Waals surface area (Å²) in [6.45, 7) is 3.56. The maximum absolute atomic E-state index is 11.6. The van der Waals surface area contributed by atoms with E-state index in [0.29, 0.717) is 12.2 Å². The summed E-state index contributed by atoms with van der Waals surface area (Å²) in [5, 5.41) is 0. The number of ether oxygens (including phenoxy) is 1. The van der Waals surface area contributed by atoms with E-state index in [9.17, 15) is 9.59 Å². The average molecular weight is 217 g/mol. The Morgan fingerprint density at radius 3 is 2.69 bits per heavy atom. The summed E-state index contributed by atoms with van der Waals surface area (Å²) in [5.74, 6) is 0.195. The van der Waals surface area contributed by atoms with Crippen molar-refractivity contribution in [3.8, 4) is 5.75 Å². The van der Waals surface area contributed by atoms with Crippen LogP contribution < -0.4 is 4.74 Å². The summed E-state index contributed by atoms with van der Waals surface area (Å²) in [7, 11) is 0. The molecule has 1 atom stereocenters. The number of imide groups is 1. The van der Waals surface area contributed by atoms with Crippen LogP contribution in [0.25, 0.3) is 0 Å². The topological polar surface area (TPSA) is 46.6 Å². The Hall–Kier alpha value is -2.10. The van der Waals surface area contributed by atoms with Gasteiger partial charge in [-0.05, 0) is 12.1 Å². The molecular formula is C12H11NO3. The second kappa shape index (κ2) is 4.18. The number of carbonyl (C=O) groups is 2. The van der Waals surface area contributed by atoms with Crippen LogP contribution in [0.3, 0.4) is 0 Å². The normalized spacial score (nSPS) is 18.9. The third kappa shape index (κ3) is 1.82. The van der Waals surface area contributed by atoms with Crippen LogP contribution in [0.1, 0.15) is 6.42 Å². The van der Waals surface area contributed by atoms with Crippen molar-refractivity contribution in [1.29, 1.82) is 0 Å². The van der Waals surface area contributed by atoms with Crippen LogP contribution in [0.2, 0.25) is 0 Å². The lowest BCUT2D eigenvalue weighted by atomic mass is 10.0. The number of hydrogen-bond acceptors (Lipinski definition) is 3. The molecule has 82 valence electrons. The Morgan fingerprint density at radius 2 is 2.12 bits per heavy atom. The van der Waals surface area contributed by atoms with E-state index in [1.165, 1.54) is 0 Å². The van der Waals surface area contributed by atoms with Crippen molar-refractivity contribution in [3.63, 3.8) is 0 Å². The summed E-state index contributed by atoms with van der Waals surface area (Å²) in [6, 6.07) is 8.41. The van der Waals surface area contributed by atoms with Crippen LogP contribution in [-0.2, 0) is 4.79 Å². The summed E-state index contributed by atoms with van der Waals surface area (Å²) in [5.41, 5.74) is 0. The molecule has 1 fully saturated rings. The number of hydrogen-bond donors (Lipinski definition) is 0. The predicted molar refractivity (Wildman–Crippen MR) is 57.9 cm³/mol. The Bertz CT molecular complexity index is 427. The van der Waals surface area contributed by atoms with Crippen molar-refractivity contribution in [2.24, 2.45) is 0 Å². The van der Waals surface area contributed by atoms with Gasteiger partial charge in [-0.2, -0.15) is 0 Å². The summed E-state index contributed by atoms with van der Waals surface area (Å²) >= 11 is 0. The zero-order valence-corrected chi connectivity index (χ0v) is 8.63. The Morgan fingerprint density at radius 1 is 1.44 bits per heavy atom. The molecule has 0 radical (unpaired) electrons. The molecule has 2 rings (SSSR count). The van der Waals surface area contributed by atoms with E-state index < -0.39 is 6.09 Å². The van der Waals surface area contributed by atoms with Crippen LogP contribution in [0, 0.1) is 0 Å². The Balaban J connectivity index is 2.03. The van der Waals surface area contributed by atoms with E-state index in [4.69, 9.17) is 4.74 Å². The zero-order chi connectivity index (χ0) is 11.5. The van der Waals surface area contributed by atoms with Crippen LogP contribution in [0.4, 0.5) is 4.79 Å². The Kier molecular flexibility index (Phi) is 2.72. The third-order valence-electron chi connectivity index (χ3n) is 2.40. The molecule has 0 bridgehead atoms. The van der Waals surface area contributed by atoms with Crippen molar-refractivity contribution < 1.29 is 14.3 Å².